The Bertz CT molecular complexity index is 911. The van der Waals surface area contributed by atoms with Crippen LogP contribution in [0.2, 0.25) is 5.02 Å². The Kier molecular flexibility index (Phi) is 5.76. The average Bonchev–Trinajstić information content (AvgIpc) is 2.55. The second-order valence-corrected chi connectivity index (χ2v) is 7.87. The Morgan fingerprint density at radius 1 is 1.20 bits per heavy atom. The third kappa shape index (κ3) is 5.01. The summed E-state index contributed by atoms with van der Waals surface area (Å²) in [5, 5.41) is 13.7. The molecule has 0 atom stereocenters. The molecule has 2 aromatic carbocycles. The van der Waals surface area contributed by atoms with E-state index in [2.05, 4.69) is 5.32 Å². The van der Waals surface area contributed by atoms with Gasteiger partial charge >= 0.3 is 0 Å². The standard InChI is InChI=1S/C16H15ClN2O5S/c1-11-2-5-13(19(21)22)10-15(11)18-16(20)8-9-25(23,24)14-6-3-12(17)4-7-14/h2-7,10H,8-9H2,1H3,(H,18,20). The lowest BCUT2D eigenvalue weighted by molar-refractivity contribution is -0.384. The van der Waals surface area contributed by atoms with E-state index < -0.39 is 20.7 Å². The maximum Gasteiger partial charge on any atom is 0.271 e. The van der Waals surface area contributed by atoms with Crippen LogP contribution in [0.5, 0.6) is 0 Å². The fourth-order valence-electron chi connectivity index (χ4n) is 2.06. The van der Waals surface area contributed by atoms with Crippen LogP contribution >= 0.6 is 11.6 Å². The Morgan fingerprint density at radius 2 is 1.84 bits per heavy atom. The summed E-state index contributed by atoms with van der Waals surface area (Å²) in [4.78, 5) is 22.3. The Balaban J connectivity index is 2.04. The van der Waals surface area contributed by atoms with Crippen molar-refractivity contribution in [2.75, 3.05) is 11.1 Å². The minimum absolute atomic E-state index is 0.0798. The van der Waals surface area contributed by atoms with Crippen molar-refractivity contribution >= 4 is 38.7 Å². The number of nitrogens with one attached hydrogen (secondary N) is 1. The van der Waals surface area contributed by atoms with Gasteiger partial charge in [-0.2, -0.15) is 0 Å². The molecule has 9 heteroatoms. The first-order valence-corrected chi connectivity index (χ1v) is 9.25. The molecule has 0 spiro atoms. The van der Waals surface area contributed by atoms with E-state index >= 15 is 0 Å². The molecule has 0 saturated carbocycles. The highest BCUT2D eigenvalue weighted by Gasteiger charge is 2.17. The van der Waals surface area contributed by atoms with Crippen LogP contribution in [0.1, 0.15) is 12.0 Å². The fourth-order valence-corrected chi connectivity index (χ4v) is 3.42. The molecule has 0 saturated heterocycles. The number of halogens is 1. The van der Waals surface area contributed by atoms with Crippen LogP contribution in [0.15, 0.2) is 47.4 Å². The number of hydrogen-bond acceptors (Lipinski definition) is 5. The van der Waals surface area contributed by atoms with Gasteiger partial charge < -0.3 is 5.32 Å². The van der Waals surface area contributed by atoms with Gasteiger partial charge in [0.2, 0.25) is 5.91 Å². The maximum atomic E-state index is 12.2. The number of carbonyl (C=O) groups is 1. The molecule has 0 aliphatic carbocycles. The molecule has 2 rings (SSSR count). The predicted molar refractivity (Wildman–Crippen MR) is 94.6 cm³/mol. The summed E-state index contributed by atoms with van der Waals surface area (Å²) in [5.74, 6) is -0.921. The molecular weight excluding hydrogens is 368 g/mol. The van der Waals surface area contributed by atoms with E-state index in [4.69, 9.17) is 11.6 Å². The molecule has 0 aliphatic rings. The van der Waals surface area contributed by atoms with Gasteiger partial charge in [-0.1, -0.05) is 17.7 Å². The van der Waals surface area contributed by atoms with Gasteiger partial charge in [0.15, 0.2) is 9.84 Å². The molecule has 1 N–H and O–H groups in total. The van der Waals surface area contributed by atoms with Crippen LogP contribution in [0.25, 0.3) is 0 Å². The second kappa shape index (κ2) is 7.62. The zero-order valence-corrected chi connectivity index (χ0v) is 14.8. The zero-order valence-electron chi connectivity index (χ0n) is 13.2. The predicted octanol–water partition coefficient (Wildman–Crippen LogP) is 3.36. The minimum Gasteiger partial charge on any atom is -0.326 e. The van der Waals surface area contributed by atoms with E-state index in [1.807, 2.05) is 0 Å². The normalized spacial score (nSPS) is 11.1. The van der Waals surface area contributed by atoms with Crippen LogP contribution in [0, 0.1) is 17.0 Å². The first-order chi connectivity index (χ1) is 11.7. The number of anilines is 1. The molecular formula is C16H15ClN2O5S. The summed E-state index contributed by atoms with van der Waals surface area (Å²) in [5.41, 5.74) is 0.761. The smallest absolute Gasteiger partial charge is 0.271 e. The summed E-state index contributed by atoms with van der Waals surface area (Å²) in [6.07, 6.45) is -0.271. The van der Waals surface area contributed by atoms with Gasteiger partial charge in [0, 0.05) is 23.6 Å². The lowest BCUT2D eigenvalue weighted by Crippen LogP contribution is -2.18. The number of nitro benzene ring substituents is 1. The summed E-state index contributed by atoms with van der Waals surface area (Å²) >= 11 is 5.72. The Labute approximate surface area is 149 Å². The lowest BCUT2D eigenvalue weighted by atomic mass is 10.2. The number of rotatable bonds is 6. The van der Waals surface area contributed by atoms with E-state index in [-0.39, 0.29) is 28.4 Å². The van der Waals surface area contributed by atoms with Gasteiger partial charge in [-0.25, -0.2) is 8.42 Å². The third-order valence-corrected chi connectivity index (χ3v) is 5.46. The first kappa shape index (κ1) is 18.9. The highest BCUT2D eigenvalue weighted by atomic mass is 35.5. The van der Waals surface area contributed by atoms with Crippen molar-refractivity contribution < 1.29 is 18.1 Å². The number of hydrogen-bond donors (Lipinski definition) is 1. The topological polar surface area (TPSA) is 106 Å². The summed E-state index contributed by atoms with van der Waals surface area (Å²) in [6.45, 7) is 1.68. The fraction of sp³-hybridized carbons (Fsp3) is 0.188. The highest BCUT2D eigenvalue weighted by Crippen LogP contribution is 2.22. The van der Waals surface area contributed by atoms with Crippen molar-refractivity contribution in [1.82, 2.24) is 0 Å². The lowest BCUT2D eigenvalue weighted by Gasteiger charge is -2.09. The first-order valence-electron chi connectivity index (χ1n) is 7.22. The van der Waals surface area contributed by atoms with Crippen molar-refractivity contribution in [3.63, 3.8) is 0 Å². The zero-order chi connectivity index (χ0) is 18.6. The molecule has 0 fully saturated rings. The third-order valence-electron chi connectivity index (χ3n) is 3.48. The number of nitro groups is 1. The summed E-state index contributed by atoms with van der Waals surface area (Å²) < 4.78 is 24.4. The molecule has 2 aromatic rings. The minimum atomic E-state index is -3.62. The molecule has 0 unspecified atom stereocenters. The van der Waals surface area contributed by atoms with E-state index in [0.717, 1.165) is 0 Å². The number of non-ortho nitro benzene ring substituents is 1. The summed E-state index contributed by atoms with van der Waals surface area (Å²) in [7, 11) is -3.62. The van der Waals surface area contributed by atoms with E-state index in [1.54, 1.807) is 6.92 Å². The SMILES string of the molecule is Cc1ccc([N+](=O)[O-])cc1NC(=O)CCS(=O)(=O)c1ccc(Cl)cc1. The second-order valence-electron chi connectivity index (χ2n) is 5.33. The monoisotopic (exact) mass is 382 g/mol. The van der Waals surface area contributed by atoms with Crippen molar-refractivity contribution in [1.29, 1.82) is 0 Å². The Hall–Kier alpha value is -2.45. The van der Waals surface area contributed by atoms with Crippen molar-refractivity contribution in [2.45, 2.75) is 18.2 Å². The average molecular weight is 383 g/mol. The Morgan fingerprint density at radius 3 is 2.44 bits per heavy atom. The largest absolute Gasteiger partial charge is 0.326 e. The molecule has 0 aromatic heterocycles. The molecule has 0 heterocycles. The van der Waals surface area contributed by atoms with Gasteiger partial charge in [0.1, 0.15) is 0 Å². The molecule has 132 valence electrons. The van der Waals surface area contributed by atoms with Crippen LogP contribution < -0.4 is 5.32 Å². The molecule has 1 amide bonds. The van der Waals surface area contributed by atoms with Crippen molar-refractivity contribution in [3.05, 3.63) is 63.2 Å². The molecule has 0 bridgehead atoms. The van der Waals surface area contributed by atoms with Crippen LogP contribution in [0.3, 0.4) is 0 Å². The number of aryl methyl sites for hydroxylation is 1. The van der Waals surface area contributed by atoms with Gasteiger partial charge in [0.05, 0.1) is 21.3 Å². The molecule has 0 radical (unpaired) electrons. The van der Waals surface area contributed by atoms with Gasteiger partial charge in [-0.3, -0.25) is 14.9 Å². The van der Waals surface area contributed by atoms with Crippen molar-refractivity contribution in [2.24, 2.45) is 0 Å². The van der Waals surface area contributed by atoms with Crippen LogP contribution in [-0.2, 0) is 14.6 Å². The quantitative estimate of drug-likeness (QED) is 0.609. The molecule has 25 heavy (non-hydrogen) atoms. The number of amides is 1. The number of carbonyl (C=O) groups excluding carboxylic acids is 1. The van der Waals surface area contributed by atoms with Crippen LogP contribution in [-0.4, -0.2) is 25.0 Å². The molecule has 0 aliphatic heterocycles. The maximum absolute atomic E-state index is 12.2. The van der Waals surface area contributed by atoms with Crippen LogP contribution in [0.4, 0.5) is 11.4 Å². The number of sulfone groups is 1. The van der Waals surface area contributed by atoms with E-state index in [0.29, 0.717) is 10.6 Å². The van der Waals surface area contributed by atoms with Gasteiger partial charge in [-0.15, -0.1) is 0 Å². The summed E-state index contributed by atoms with van der Waals surface area (Å²) in [6, 6.07) is 9.75. The number of nitrogens with zero attached hydrogens (tertiary/aromatic N) is 1. The van der Waals surface area contributed by atoms with E-state index in [1.165, 1.54) is 42.5 Å². The highest BCUT2D eigenvalue weighted by molar-refractivity contribution is 7.91. The van der Waals surface area contributed by atoms with E-state index in [9.17, 15) is 23.3 Å². The van der Waals surface area contributed by atoms with Gasteiger partial charge in [-0.05, 0) is 36.8 Å². The van der Waals surface area contributed by atoms with Crippen molar-refractivity contribution in [3.8, 4) is 0 Å². The number of benzene rings is 2. The molecule has 7 nitrogen and oxygen atoms in total. The van der Waals surface area contributed by atoms with Gasteiger partial charge in [0.25, 0.3) is 5.69 Å².